The number of nitrogens with one attached hydrogen (secondary N) is 1. The molecule has 0 saturated carbocycles. The summed E-state index contributed by atoms with van der Waals surface area (Å²) in [6.45, 7) is 4.56. The quantitative estimate of drug-likeness (QED) is 0.779. The molecule has 0 spiro atoms. The van der Waals surface area contributed by atoms with Gasteiger partial charge in [-0.05, 0) is 6.42 Å². The Morgan fingerprint density at radius 2 is 2.16 bits per heavy atom. The molecule has 0 amide bonds. The van der Waals surface area contributed by atoms with Crippen molar-refractivity contribution >= 4 is 28.4 Å². The third-order valence-electron chi connectivity index (χ3n) is 3.07. The highest BCUT2D eigenvalue weighted by molar-refractivity contribution is 7.85. The number of unbranched alkanes of at least 4 members (excludes halogenated alkanes) is 1. The lowest BCUT2D eigenvalue weighted by atomic mass is 10.3. The summed E-state index contributed by atoms with van der Waals surface area (Å²) in [5, 5.41) is 3.26. The monoisotopic (exact) mass is 283 g/mol. The number of anilines is 3. The summed E-state index contributed by atoms with van der Waals surface area (Å²) in [6.07, 6.45) is 2.24. The Balaban J connectivity index is 2.05. The van der Waals surface area contributed by atoms with Crippen molar-refractivity contribution in [1.29, 1.82) is 0 Å². The van der Waals surface area contributed by atoms with Gasteiger partial charge in [-0.1, -0.05) is 13.3 Å². The second kappa shape index (κ2) is 6.70. The molecule has 0 atom stereocenters. The van der Waals surface area contributed by atoms with E-state index in [0.29, 0.717) is 11.5 Å². The zero-order chi connectivity index (χ0) is 13.7. The van der Waals surface area contributed by atoms with Gasteiger partial charge in [0.2, 0.25) is 5.95 Å². The molecular weight excluding hydrogens is 262 g/mol. The molecule has 2 heterocycles. The number of nitrogen functional groups attached to an aromatic ring is 1. The van der Waals surface area contributed by atoms with Gasteiger partial charge in [0.05, 0.1) is 0 Å². The molecule has 3 N–H and O–H groups in total. The van der Waals surface area contributed by atoms with E-state index < -0.39 is 10.8 Å². The molecule has 19 heavy (non-hydrogen) atoms. The summed E-state index contributed by atoms with van der Waals surface area (Å²) >= 11 is 0. The molecule has 6 nitrogen and oxygen atoms in total. The molecular formula is C12H21N5OS. The highest BCUT2D eigenvalue weighted by Gasteiger charge is 2.17. The first-order valence-electron chi connectivity index (χ1n) is 6.67. The van der Waals surface area contributed by atoms with Gasteiger partial charge in [0, 0.05) is 48.0 Å². The molecule has 7 heteroatoms. The topological polar surface area (TPSA) is 84.1 Å². The van der Waals surface area contributed by atoms with Crippen molar-refractivity contribution in [2.24, 2.45) is 0 Å². The van der Waals surface area contributed by atoms with Crippen LogP contribution in [0.25, 0.3) is 0 Å². The van der Waals surface area contributed by atoms with Gasteiger partial charge in [-0.2, -0.15) is 9.97 Å². The molecule has 1 aliphatic rings. The second-order valence-corrected chi connectivity index (χ2v) is 6.28. The van der Waals surface area contributed by atoms with Gasteiger partial charge in [0.15, 0.2) is 0 Å². The summed E-state index contributed by atoms with van der Waals surface area (Å²) in [5.74, 6) is 3.26. The standard InChI is InChI=1S/C12H21N5OS/c1-2-3-4-14-10-9-11(16-12(13)15-10)17-5-7-19(18)8-6-17/h9H,2-8H2,1H3,(H3,13,14,15,16). The van der Waals surface area contributed by atoms with Crippen molar-refractivity contribution in [3.63, 3.8) is 0 Å². The Bertz CT molecular complexity index is 444. The maximum atomic E-state index is 11.4. The van der Waals surface area contributed by atoms with Crippen molar-refractivity contribution in [2.75, 3.05) is 47.1 Å². The molecule has 1 aromatic rings. The van der Waals surface area contributed by atoms with Gasteiger partial charge in [-0.15, -0.1) is 0 Å². The van der Waals surface area contributed by atoms with Crippen LogP contribution < -0.4 is 16.0 Å². The van der Waals surface area contributed by atoms with Crippen molar-refractivity contribution in [3.05, 3.63) is 6.07 Å². The molecule has 1 saturated heterocycles. The summed E-state index contributed by atoms with van der Waals surface area (Å²) in [4.78, 5) is 10.6. The third kappa shape index (κ3) is 4.05. The molecule has 0 aromatic carbocycles. The summed E-state index contributed by atoms with van der Waals surface area (Å²) in [6, 6.07) is 1.92. The minimum absolute atomic E-state index is 0.281. The Morgan fingerprint density at radius 3 is 2.84 bits per heavy atom. The average molecular weight is 283 g/mol. The van der Waals surface area contributed by atoms with E-state index in [1.165, 1.54) is 0 Å². The Morgan fingerprint density at radius 1 is 1.42 bits per heavy atom. The lowest BCUT2D eigenvalue weighted by Crippen LogP contribution is -2.38. The Hall–Kier alpha value is -1.37. The Kier molecular flexibility index (Phi) is 4.95. The molecule has 1 fully saturated rings. The van der Waals surface area contributed by atoms with Crippen LogP contribution in [0.1, 0.15) is 19.8 Å². The zero-order valence-electron chi connectivity index (χ0n) is 11.3. The van der Waals surface area contributed by atoms with E-state index in [0.717, 1.165) is 44.1 Å². The van der Waals surface area contributed by atoms with Crippen molar-refractivity contribution in [2.45, 2.75) is 19.8 Å². The van der Waals surface area contributed by atoms with Crippen LogP contribution in [0.5, 0.6) is 0 Å². The van der Waals surface area contributed by atoms with E-state index in [1.54, 1.807) is 0 Å². The van der Waals surface area contributed by atoms with Crippen LogP contribution in [0.3, 0.4) is 0 Å². The summed E-state index contributed by atoms with van der Waals surface area (Å²) in [5.41, 5.74) is 5.75. The van der Waals surface area contributed by atoms with E-state index in [2.05, 4.69) is 27.1 Å². The molecule has 0 unspecified atom stereocenters. The van der Waals surface area contributed by atoms with Gasteiger partial charge in [-0.3, -0.25) is 4.21 Å². The van der Waals surface area contributed by atoms with Crippen molar-refractivity contribution in [3.8, 4) is 0 Å². The van der Waals surface area contributed by atoms with E-state index in [4.69, 9.17) is 5.73 Å². The number of nitrogens with two attached hydrogens (primary N) is 1. The summed E-state index contributed by atoms with van der Waals surface area (Å²) < 4.78 is 11.4. The Labute approximate surface area is 116 Å². The predicted octanol–water partition coefficient (Wildman–Crippen LogP) is 0.839. The SMILES string of the molecule is CCCCNc1cc(N2CCS(=O)CC2)nc(N)n1. The fourth-order valence-corrected chi connectivity index (χ4v) is 3.02. The molecule has 0 radical (unpaired) electrons. The fourth-order valence-electron chi connectivity index (χ4n) is 1.97. The lowest BCUT2D eigenvalue weighted by molar-refractivity contribution is 0.672. The molecule has 1 aromatic heterocycles. The van der Waals surface area contributed by atoms with Crippen LogP contribution in [-0.4, -0.2) is 45.3 Å². The van der Waals surface area contributed by atoms with Gasteiger partial charge in [-0.25, -0.2) is 0 Å². The lowest BCUT2D eigenvalue weighted by Gasteiger charge is -2.27. The van der Waals surface area contributed by atoms with Crippen LogP contribution in [0.2, 0.25) is 0 Å². The van der Waals surface area contributed by atoms with Gasteiger partial charge in [0.25, 0.3) is 0 Å². The average Bonchev–Trinajstić information content (AvgIpc) is 2.39. The predicted molar refractivity (Wildman–Crippen MR) is 79.9 cm³/mol. The maximum absolute atomic E-state index is 11.4. The minimum Gasteiger partial charge on any atom is -0.370 e. The van der Waals surface area contributed by atoms with Crippen molar-refractivity contribution in [1.82, 2.24) is 9.97 Å². The first kappa shape index (κ1) is 14.0. The fraction of sp³-hybridized carbons (Fsp3) is 0.667. The number of hydrogen-bond acceptors (Lipinski definition) is 6. The highest BCUT2D eigenvalue weighted by Crippen LogP contribution is 2.18. The van der Waals surface area contributed by atoms with E-state index in [-0.39, 0.29) is 5.95 Å². The van der Waals surface area contributed by atoms with Gasteiger partial charge >= 0.3 is 0 Å². The molecule has 2 rings (SSSR count). The molecule has 1 aliphatic heterocycles. The largest absolute Gasteiger partial charge is 0.370 e. The van der Waals surface area contributed by atoms with E-state index in [1.807, 2.05) is 6.07 Å². The molecule has 106 valence electrons. The first-order valence-corrected chi connectivity index (χ1v) is 8.16. The molecule has 0 bridgehead atoms. The first-order chi connectivity index (χ1) is 9.19. The summed E-state index contributed by atoms with van der Waals surface area (Å²) in [7, 11) is -0.683. The molecule has 0 aliphatic carbocycles. The van der Waals surface area contributed by atoms with Crippen LogP contribution in [0, 0.1) is 0 Å². The number of rotatable bonds is 5. The minimum atomic E-state index is -0.683. The van der Waals surface area contributed by atoms with Crippen LogP contribution in [-0.2, 0) is 10.8 Å². The number of aromatic nitrogens is 2. The third-order valence-corrected chi connectivity index (χ3v) is 4.34. The van der Waals surface area contributed by atoms with E-state index in [9.17, 15) is 4.21 Å². The highest BCUT2D eigenvalue weighted by atomic mass is 32.2. The smallest absolute Gasteiger partial charge is 0.223 e. The van der Waals surface area contributed by atoms with Crippen molar-refractivity contribution < 1.29 is 4.21 Å². The second-order valence-electron chi connectivity index (χ2n) is 4.59. The van der Waals surface area contributed by atoms with Gasteiger partial charge in [0.1, 0.15) is 11.6 Å². The van der Waals surface area contributed by atoms with Crippen LogP contribution >= 0.6 is 0 Å². The zero-order valence-corrected chi connectivity index (χ0v) is 12.1. The normalized spacial score (nSPS) is 16.6. The number of nitrogens with zero attached hydrogens (tertiary/aromatic N) is 3. The van der Waals surface area contributed by atoms with Crippen LogP contribution in [0.4, 0.5) is 17.6 Å². The number of hydrogen-bond donors (Lipinski definition) is 2. The van der Waals surface area contributed by atoms with E-state index >= 15 is 0 Å². The maximum Gasteiger partial charge on any atom is 0.223 e. The van der Waals surface area contributed by atoms with Crippen LogP contribution in [0.15, 0.2) is 6.07 Å². The van der Waals surface area contributed by atoms with Gasteiger partial charge < -0.3 is 16.0 Å².